The zero-order valence-electron chi connectivity index (χ0n) is 7.00. The molecule has 0 aliphatic carbocycles. The molecule has 1 aromatic heterocycles. The lowest BCUT2D eigenvalue weighted by atomic mass is 10.2. The molecule has 2 nitrogen and oxygen atoms in total. The Balaban J connectivity index is 2.64. The van der Waals surface area contributed by atoms with Crippen LogP contribution in [-0.2, 0) is 18.3 Å². The van der Waals surface area contributed by atoms with Gasteiger partial charge in [-0.3, -0.25) is 4.79 Å². The normalized spacial score (nSPS) is 10.0. The molecule has 60 valence electrons. The summed E-state index contributed by atoms with van der Waals surface area (Å²) in [6, 6.07) is 3.94. The van der Waals surface area contributed by atoms with E-state index in [1.807, 2.05) is 36.9 Å². The molecule has 1 heterocycles. The molecule has 0 aliphatic heterocycles. The number of carbonyl (C=O) groups excluding carboxylic acids is 1. The molecule has 1 rings (SSSR count). The van der Waals surface area contributed by atoms with Crippen molar-refractivity contribution >= 4 is 5.78 Å². The molecule has 0 radical (unpaired) electrons. The molecule has 0 N–H and O–H groups in total. The van der Waals surface area contributed by atoms with Crippen LogP contribution >= 0.6 is 0 Å². The molecular weight excluding hydrogens is 138 g/mol. The van der Waals surface area contributed by atoms with E-state index in [0.29, 0.717) is 18.6 Å². The lowest BCUT2D eigenvalue weighted by Crippen LogP contribution is -2.04. The molecular formula is C9H13NO. The van der Waals surface area contributed by atoms with E-state index in [9.17, 15) is 4.79 Å². The van der Waals surface area contributed by atoms with Crippen molar-refractivity contribution in [3.8, 4) is 0 Å². The zero-order valence-corrected chi connectivity index (χ0v) is 7.00. The average Bonchev–Trinajstić information content (AvgIpc) is 2.37. The van der Waals surface area contributed by atoms with Gasteiger partial charge in [0.25, 0.3) is 0 Å². The number of carbonyl (C=O) groups is 1. The summed E-state index contributed by atoms with van der Waals surface area (Å²) in [5.74, 6) is 0.298. The minimum absolute atomic E-state index is 0.298. The van der Waals surface area contributed by atoms with E-state index in [1.54, 1.807) is 0 Å². The Morgan fingerprint density at radius 1 is 1.64 bits per heavy atom. The molecule has 0 aliphatic rings. The van der Waals surface area contributed by atoms with Crippen molar-refractivity contribution in [3.63, 3.8) is 0 Å². The summed E-state index contributed by atoms with van der Waals surface area (Å²) in [5, 5.41) is 0. The number of Topliss-reactive ketones (excluding diaryl/α,β-unsaturated/α-hetero) is 1. The Labute approximate surface area is 66.8 Å². The van der Waals surface area contributed by atoms with Crippen molar-refractivity contribution in [2.45, 2.75) is 19.8 Å². The van der Waals surface area contributed by atoms with Gasteiger partial charge in [0, 0.05) is 31.8 Å². The molecule has 11 heavy (non-hydrogen) atoms. The lowest BCUT2D eigenvalue weighted by Gasteiger charge is -1.99. The predicted octanol–water partition coefficient (Wildman–Crippen LogP) is 1.55. The van der Waals surface area contributed by atoms with Crippen molar-refractivity contribution in [1.29, 1.82) is 0 Å². The van der Waals surface area contributed by atoms with Crippen LogP contribution in [0.5, 0.6) is 0 Å². The molecule has 0 saturated carbocycles. The highest BCUT2D eigenvalue weighted by Gasteiger charge is 2.02. The van der Waals surface area contributed by atoms with Crippen molar-refractivity contribution in [2.75, 3.05) is 0 Å². The highest BCUT2D eigenvalue weighted by molar-refractivity contribution is 5.80. The first kappa shape index (κ1) is 8.05. The highest BCUT2D eigenvalue weighted by atomic mass is 16.1. The monoisotopic (exact) mass is 151 g/mol. The van der Waals surface area contributed by atoms with Crippen molar-refractivity contribution in [3.05, 3.63) is 24.0 Å². The van der Waals surface area contributed by atoms with Gasteiger partial charge >= 0.3 is 0 Å². The predicted molar refractivity (Wildman–Crippen MR) is 44.4 cm³/mol. The number of ketones is 1. The van der Waals surface area contributed by atoms with Crippen molar-refractivity contribution in [1.82, 2.24) is 4.57 Å². The van der Waals surface area contributed by atoms with Gasteiger partial charge in [0.15, 0.2) is 0 Å². The minimum Gasteiger partial charge on any atom is -0.354 e. The number of rotatable bonds is 3. The maximum absolute atomic E-state index is 11.0. The van der Waals surface area contributed by atoms with E-state index in [-0.39, 0.29) is 0 Å². The molecule has 0 fully saturated rings. The van der Waals surface area contributed by atoms with Gasteiger partial charge in [-0.25, -0.2) is 0 Å². The van der Waals surface area contributed by atoms with E-state index in [1.165, 1.54) is 0 Å². The lowest BCUT2D eigenvalue weighted by molar-refractivity contribution is -0.118. The van der Waals surface area contributed by atoms with Crippen LogP contribution in [0.4, 0.5) is 0 Å². The van der Waals surface area contributed by atoms with Crippen LogP contribution < -0.4 is 0 Å². The summed E-state index contributed by atoms with van der Waals surface area (Å²) in [5.41, 5.74) is 1.09. The van der Waals surface area contributed by atoms with Crippen molar-refractivity contribution < 1.29 is 4.79 Å². The minimum atomic E-state index is 0.298. The number of aryl methyl sites for hydroxylation is 1. The zero-order chi connectivity index (χ0) is 8.27. The van der Waals surface area contributed by atoms with Crippen LogP contribution in [-0.4, -0.2) is 10.4 Å². The Bertz CT molecular complexity index is 250. The SMILES string of the molecule is CCC(=O)Cc1cccn1C. The standard InChI is InChI=1S/C9H13NO/c1-3-9(11)7-8-5-4-6-10(8)2/h4-6H,3,7H2,1-2H3. The Morgan fingerprint density at radius 2 is 2.36 bits per heavy atom. The van der Waals surface area contributed by atoms with E-state index >= 15 is 0 Å². The van der Waals surface area contributed by atoms with Crippen LogP contribution in [0, 0.1) is 0 Å². The summed E-state index contributed by atoms with van der Waals surface area (Å²) >= 11 is 0. The van der Waals surface area contributed by atoms with Crippen LogP contribution in [0.3, 0.4) is 0 Å². The van der Waals surface area contributed by atoms with E-state index < -0.39 is 0 Å². The molecule has 0 unspecified atom stereocenters. The third-order valence-electron chi connectivity index (χ3n) is 1.82. The second kappa shape index (κ2) is 3.37. The fourth-order valence-electron chi connectivity index (χ4n) is 1.01. The summed E-state index contributed by atoms with van der Waals surface area (Å²) in [6.07, 6.45) is 3.16. The summed E-state index contributed by atoms with van der Waals surface area (Å²) in [7, 11) is 1.96. The van der Waals surface area contributed by atoms with Crippen molar-refractivity contribution in [2.24, 2.45) is 7.05 Å². The van der Waals surface area contributed by atoms with Crippen LogP contribution in [0.25, 0.3) is 0 Å². The quantitative estimate of drug-likeness (QED) is 0.642. The van der Waals surface area contributed by atoms with E-state index in [0.717, 1.165) is 5.69 Å². The first-order chi connectivity index (χ1) is 5.24. The Morgan fingerprint density at radius 3 is 2.82 bits per heavy atom. The maximum atomic E-state index is 11.0. The second-order valence-corrected chi connectivity index (χ2v) is 2.68. The number of aromatic nitrogens is 1. The van der Waals surface area contributed by atoms with Crippen LogP contribution in [0.2, 0.25) is 0 Å². The van der Waals surface area contributed by atoms with Gasteiger partial charge in [0.05, 0.1) is 0 Å². The summed E-state index contributed by atoms with van der Waals surface area (Å²) < 4.78 is 1.98. The smallest absolute Gasteiger partial charge is 0.138 e. The van der Waals surface area contributed by atoms with Crippen LogP contribution in [0.1, 0.15) is 19.0 Å². The van der Waals surface area contributed by atoms with Gasteiger partial charge in [-0.15, -0.1) is 0 Å². The van der Waals surface area contributed by atoms with Gasteiger partial charge in [-0.1, -0.05) is 6.92 Å². The molecule has 2 heteroatoms. The first-order valence-corrected chi connectivity index (χ1v) is 3.86. The van der Waals surface area contributed by atoms with Gasteiger partial charge in [-0.2, -0.15) is 0 Å². The largest absolute Gasteiger partial charge is 0.354 e. The number of hydrogen-bond acceptors (Lipinski definition) is 1. The molecule has 0 aromatic carbocycles. The maximum Gasteiger partial charge on any atom is 0.138 e. The highest BCUT2D eigenvalue weighted by Crippen LogP contribution is 2.01. The van der Waals surface area contributed by atoms with E-state index in [4.69, 9.17) is 0 Å². The topological polar surface area (TPSA) is 22.0 Å². The number of nitrogens with zero attached hydrogens (tertiary/aromatic N) is 1. The molecule has 0 atom stereocenters. The molecule has 0 spiro atoms. The fraction of sp³-hybridized carbons (Fsp3) is 0.444. The Kier molecular flexibility index (Phi) is 2.47. The first-order valence-electron chi connectivity index (χ1n) is 3.86. The molecule has 0 saturated heterocycles. The third-order valence-corrected chi connectivity index (χ3v) is 1.82. The van der Waals surface area contributed by atoms with Gasteiger partial charge < -0.3 is 4.57 Å². The fourth-order valence-corrected chi connectivity index (χ4v) is 1.01. The van der Waals surface area contributed by atoms with Gasteiger partial charge in [0.1, 0.15) is 5.78 Å². The molecule has 1 aromatic rings. The Hall–Kier alpha value is -1.05. The summed E-state index contributed by atoms with van der Waals surface area (Å²) in [6.45, 7) is 1.89. The van der Waals surface area contributed by atoms with E-state index in [2.05, 4.69) is 0 Å². The van der Waals surface area contributed by atoms with Gasteiger partial charge in [-0.05, 0) is 12.1 Å². The third kappa shape index (κ3) is 1.93. The second-order valence-electron chi connectivity index (χ2n) is 2.68. The average molecular weight is 151 g/mol. The number of hydrogen-bond donors (Lipinski definition) is 0. The summed E-state index contributed by atoms with van der Waals surface area (Å²) in [4.78, 5) is 11.0. The van der Waals surface area contributed by atoms with Crippen LogP contribution in [0.15, 0.2) is 18.3 Å². The van der Waals surface area contributed by atoms with Gasteiger partial charge in [0.2, 0.25) is 0 Å². The molecule has 0 amide bonds. The molecule has 0 bridgehead atoms.